The molecule has 2 fully saturated rings. The molecule has 1 saturated heterocycles. The lowest BCUT2D eigenvalue weighted by atomic mass is 9.97. The summed E-state index contributed by atoms with van der Waals surface area (Å²) in [6.07, 6.45) is 3.24. The summed E-state index contributed by atoms with van der Waals surface area (Å²) >= 11 is 0. The van der Waals surface area contributed by atoms with Crippen LogP contribution in [0.25, 0.3) is 0 Å². The number of carbonyl (C=O) groups excluding carboxylic acids is 1. The number of aryl methyl sites for hydroxylation is 1. The molecule has 4 atom stereocenters. The Morgan fingerprint density at radius 1 is 1.28 bits per heavy atom. The summed E-state index contributed by atoms with van der Waals surface area (Å²) in [6.45, 7) is 8.67. The molecule has 4 nitrogen and oxygen atoms in total. The summed E-state index contributed by atoms with van der Waals surface area (Å²) in [5.41, 5.74) is 2.64. The molecule has 0 unspecified atom stereocenters. The molecule has 0 aromatic heterocycles. The lowest BCUT2D eigenvalue weighted by Crippen LogP contribution is -2.49. The molecule has 2 N–H and O–H groups in total. The van der Waals surface area contributed by atoms with Crippen molar-refractivity contribution in [3.63, 3.8) is 0 Å². The van der Waals surface area contributed by atoms with E-state index < -0.39 is 0 Å². The molecule has 25 heavy (non-hydrogen) atoms. The summed E-state index contributed by atoms with van der Waals surface area (Å²) < 4.78 is 0. The number of fused-ring (bicyclic) bond motifs is 1. The van der Waals surface area contributed by atoms with Gasteiger partial charge in [0.25, 0.3) is 0 Å². The van der Waals surface area contributed by atoms with Gasteiger partial charge in [0.1, 0.15) is 0 Å². The molecule has 1 aromatic carbocycles. The highest BCUT2D eigenvalue weighted by Gasteiger charge is 2.43. The molecule has 138 valence electrons. The normalized spacial score (nSPS) is 26.8. The van der Waals surface area contributed by atoms with Gasteiger partial charge in [0.15, 0.2) is 0 Å². The number of nitrogens with one attached hydrogen (secondary N) is 2. The standard InChI is InChI=1S/C21H33N3O/c1-14(2)10-20(22-4)21(25)23-19-9-8-16-12-24(13-18(16)19)17-7-5-6-15(3)11-17/h5-7,11,14,16,18-20,22H,8-10,12-13H2,1-4H3,(H,23,25)/t16-,18+,19+,20+/m1/s1. The number of anilines is 1. The van der Waals surface area contributed by atoms with Crippen molar-refractivity contribution in [3.8, 4) is 0 Å². The van der Waals surface area contributed by atoms with Crippen molar-refractivity contribution in [1.82, 2.24) is 10.6 Å². The molecular formula is C21H33N3O. The molecule has 0 radical (unpaired) electrons. The van der Waals surface area contributed by atoms with Crippen molar-refractivity contribution in [3.05, 3.63) is 29.8 Å². The van der Waals surface area contributed by atoms with Crippen LogP contribution in [0.4, 0.5) is 5.69 Å². The highest BCUT2D eigenvalue weighted by Crippen LogP contribution is 2.40. The number of hydrogen-bond acceptors (Lipinski definition) is 3. The number of benzene rings is 1. The molecule has 1 saturated carbocycles. The summed E-state index contributed by atoms with van der Waals surface area (Å²) in [5, 5.41) is 6.55. The van der Waals surface area contributed by atoms with Crippen molar-refractivity contribution < 1.29 is 4.79 Å². The lowest BCUT2D eigenvalue weighted by molar-refractivity contribution is -0.124. The van der Waals surface area contributed by atoms with Crippen LogP contribution in [0.15, 0.2) is 24.3 Å². The number of amides is 1. The van der Waals surface area contributed by atoms with Crippen molar-refractivity contribution in [2.75, 3.05) is 25.0 Å². The second-order valence-corrected chi connectivity index (χ2v) is 8.33. The van der Waals surface area contributed by atoms with Crippen LogP contribution in [0.2, 0.25) is 0 Å². The fourth-order valence-electron chi connectivity index (χ4n) is 4.59. The van der Waals surface area contributed by atoms with Gasteiger partial charge in [-0.3, -0.25) is 4.79 Å². The Morgan fingerprint density at radius 2 is 2.08 bits per heavy atom. The number of carbonyl (C=O) groups is 1. The minimum absolute atomic E-state index is 0.0756. The van der Waals surface area contributed by atoms with Crippen LogP contribution < -0.4 is 15.5 Å². The third kappa shape index (κ3) is 4.17. The van der Waals surface area contributed by atoms with Gasteiger partial charge >= 0.3 is 0 Å². The largest absolute Gasteiger partial charge is 0.371 e. The molecule has 3 rings (SSSR count). The second-order valence-electron chi connectivity index (χ2n) is 8.33. The van der Waals surface area contributed by atoms with Gasteiger partial charge in [-0.25, -0.2) is 0 Å². The van der Waals surface area contributed by atoms with E-state index in [1.807, 2.05) is 7.05 Å². The third-order valence-corrected chi connectivity index (χ3v) is 5.92. The number of rotatable bonds is 6. The van der Waals surface area contributed by atoms with Crippen LogP contribution in [-0.2, 0) is 4.79 Å². The van der Waals surface area contributed by atoms with E-state index in [2.05, 4.69) is 60.6 Å². The molecule has 1 aromatic rings. The van der Waals surface area contributed by atoms with Crippen LogP contribution in [-0.4, -0.2) is 38.1 Å². The van der Waals surface area contributed by atoms with Gasteiger partial charge in [0.2, 0.25) is 5.91 Å². The average molecular weight is 344 g/mol. The van der Waals surface area contributed by atoms with Gasteiger partial charge in [0.05, 0.1) is 6.04 Å². The van der Waals surface area contributed by atoms with Gasteiger partial charge < -0.3 is 15.5 Å². The van der Waals surface area contributed by atoms with E-state index in [0.29, 0.717) is 23.8 Å². The van der Waals surface area contributed by atoms with Crippen LogP contribution in [0.3, 0.4) is 0 Å². The molecule has 0 spiro atoms. The molecule has 0 bridgehead atoms. The minimum atomic E-state index is -0.0756. The van der Waals surface area contributed by atoms with E-state index in [0.717, 1.165) is 25.9 Å². The topological polar surface area (TPSA) is 44.4 Å². The van der Waals surface area contributed by atoms with Gasteiger partial charge in [0, 0.05) is 30.7 Å². The first-order valence-electron chi connectivity index (χ1n) is 9.77. The van der Waals surface area contributed by atoms with Crippen molar-refractivity contribution in [2.45, 2.75) is 52.1 Å². The zero-order valence-electron chi connectivity index (χ0n) is 16.1. The zero-order valence-corrected chi connectivity index (χ0v) is 16.1. The van der Waals surface area contributed by atoms with E-state index in [1.165, 1.54) is 17.7 Å². The first-order valence-corrected chi connectivity index (χ1v) is 9.77. The molecule has 2 aliphatic rings. The van der Waals surface area contributed by atoms with Crippen LogP contribution >= 0.6 is 0 Å². The summed E-state index contributed by atoms with van der Waals surface area (Å²) in [4.78, 5) is 15.2. The zero-order chi connectivity index (χ0) is 18.0. The Labute approximate surface area is 152 Å². The Kier molecular flexibility index (Phi) is 5.67. The Morgan fingerprint density at radius 3 is 2.76 bits per heavy atom. The predicted octanol–water partition coefficient (Wildman–Crippen LogP) is 2.96. The van der Waals surface area contributed by atoms with E-state index in [9.17, 15) is 4.79 Å². The first-order chi connectivity index (χ1) is 12.0. The van der Waals surface area contributed by atoms with Gasteiger partial charge in [-0.05, 0) is 62.8 Å². The summed E-state index contributed by atoms with van der Waals surface area (Å²) in [7, 11) is 1.89. The van der Waals surface area contributed by atoms with E-state index in [4.69, 9.17) is 0 Å². The van der Waals surface area contributed by atoms with E-state index in [-0.39, 0.29) is 11.9 Å². The SMILES string of the molecule is CN[C@@H](CC(C)C)C(=O)N[C@H]1CC[C@@H]2CN(c3cccc(C)c3)C[C@@H]21. The molecule has 4 heteroatoms. The second kappa shape index (κ2) is 7.77. The first kappa shape index (κ1) is 18.2. The van der Waals surface area contributed by atoms with Crippen molar-refractivity contribution in [2.24, 2.45) is 17.8 Å². The Hall–Kier alpha value is -1.55. The number of likely N-dealkylation sites (N-methyl/N-ethyl adjacent to an activating group) is 1. The lowest BCUT2D eigenvalue weighted by Gasteiger charge is -2.25. The maximum absolute atomic E-state index is 12.7. The quantitative estimate of drug-likeness (QED) is 0.835. The monoisotopic (exact) mass is 343 g/mol. The molecule has 1 aliphatic heterocycles. The fraction of sp³-hybridized carbons (Fsp3) is 0.667. The van der Waals surface area contributed by atoms with E-state index in [1.54, 1.807) is 0 Å². The van der Waals surface area contributed by atoms with Crippen molar-refractivity contribution in [1.29, 1.82) is 0 Å². The smallest absolute Gasteiger partial charge is 0.237 e. The minimum Gasteiger partial charge on any atom is -0.371 e. The highest BCUT2D eigenvalue weighted by molar-refractivity contribution is 5.82. The van der Waals surface area contributed by atoms with E-state index >= 15 is 0 Å². The fourth-order valence-corrected chi connectivity index (χ4v) is 4.59. The molecule has 1 heterocycles. The van der Waals surface area contributed by atoms with Crippen LogP contribution in [0, 0.1) is 24.7 Å². The molecule has 1 amide bonds. The summed E-state index contributed by atoms with van der Waals surface area (Å²) in [5.74, 6) is 1.99. The predicted molar refractivity (Wildman–Crippen MR) is 104 cm³/mol. The number of hydrogen-bond donors (Lipinski definition) is 2. The Bertz CT molecular complexity index is 601. The highest BCUT2D eigenvalue weighted by atomic mass is 16.2. The molecule has 1 aliphatic carbocycles. The maximum atomic E-state index is 12.7. The van der Waals surface area contributed by atoms with Crippen molar-refractivity contribution >= 4 is 11.6 Å². The maximum Gasteiger partial charge on any atom is 0.237 e. The Balaban J connectivity index is 1.61. The van der Waals surface area contributed by atoms with Gasteiger partial charge in [-0.15, -0.1) is 0 Å². The molecular weight excluding hydrogens is 310 g/mol. The summed E-state index contributed by atoms with van der Waals surface area (Å²) in [6, 6.07) is 9.02. The third-order valence-electron chi connectivity index (χ3n) is 5.92. The van der Waals surface area contributed by atoms with Gasteiger partial charge in [-0.2, -0.15) is 0 Å². The van der Waals surface area contributed by atoms with Crippen LogP contribution in [0.5, 0.6) is 0 Å². The average Bonchev–Trinajstić information content (AvgIpc) is 3.14. The van der Waals surface area contributed by atoms with Crippen LogP contribution in [0.1, 0.15) is 38.7 Å². The number of nitrogens with zero attached hydrogens (tertiary/aromatic N) is 1. The van der Waals surface area contributed by atoms with Gasteiger partial charge in [-0.1, -0.05) is 26.0 Å².